The summed E-state index contributed by atoms with van der Waals surface area (Å²) in [5.41, 5.74) is 0.774. The third kappa shape index (κ3) is 12.0. The number of aryl methyl sites for hydroxylation is 1. The van der Waals surface area contributed by atoms with Crippen molar-refractivity contribution in [3.8, 4) is 33.5 Å². The summed E-state index contributed by atoms with van der Waals surface area (Å²) in [7, 11) is 0. The summed E-state index contributed by atoms with van der Waals surface area (Å²) in [5, 5.41) is 25.8. The van der Waals surface area contributed by atoms with Gasteiger partial charge in [-0.15, -0.1) is 11.3 Å². The Labute approximate surface area is 439 Å². The number of hydrogen-bond donors (Lipinski definition) is 3. The first-order chi connectivity index (χ1) is 35.5. The molecule has 0 radical (unpaired) electrons. The monoisotopic (exact) mass is 1070 g/mol. The van der Waals surface area contributed by atoms with Gasteiger partial charge in [-0.2, -0.15) is 18.4 Å². The number of nitriles is 1. The van der Waals surface area contributed by atoms with Crippen LogP contribution in [0.4, 0.5) is 33.3 Å². The molecule has 3 aromatic carbocycles. The molecule has 0 aliphatic carbocycles. The lowest BCUT2D eigenvalue weighted by Crippen LogP contribution is -2.57. The van der Waals surface area contributed by atoms with E-state index in [1.54, 1.807) is 52.6 Å². The van der Waals surface area contributed by atoms with Crippen LogP contribution in [0.3, 0.4) is 0 Å². The number of hydrogen-bond acceptors (Lipinski definition) is 13. The fourth-order valence-electron chi connectivity index (χ4n) is 9.20. The maximum Gasteiger partial charge on any atom is 0.420 e. The van der Waals surface area contributed by atoms with Crippen LogP contribution in [-0.2, 0) is 36.6 Å². The number of carbonyl (C=O) groups is 3. The van der Waals surface area contributed by atoms with Gasteiger partial charge in [0.15, 0.2) is 10.9 Å². The molecule has 3 aliphatic heterocycles. The fraction of sp³-hybridized carbons (Fsp3) is 0.415. The average molecular weight is 1080 g/mol. The van der Waals surface area contributed by atoms with Crippen LogP contribution in [0.15, 0.2) is 84.5 Å². The zero-order valence-corrected chi connectivity index (χ0v) is 43.4. The molecular formula is C53H55F5N8O7S2. The van der Waals surface area contributed by atoms with Crippen molar-refractivity contribution in [2.24, 2.45) is 5.41 Å². The van der Waals surface area contributed by atoms with Gasteiger partial charge in [-0.1, -0.05) is 45.0 Å². The van der Waals surface area contributed by atoms with Crippen molar-refractivity contribution in [3.63, 3.8) is 0 Å². The zero-order valence-electron chi connectivity index (χ0n) is 41.8. The first-order valence-electron chi connectivity index (χ1n) is 24.0. The van der Waals surface area contributed by atoms with Gasteiger partial charge in [0, 0.05) is 25.1 Å². The van der Waals surface area contributed by atoms with E-state index in [0.29, 0.717) is 40.6 Å². The number of epoxide rings is 1. The van der Waals surface area contributed by atoms with Crippen molar-refractivity contribution >= 4 is 57.8 Å². The number of pyridine rings is 1. The lowest BCUT2D eigenvalue weighted by molar-refractivity contribution is -0.142. The summed E-state index contributed by atoms with van der Waals surface area (Å²) in [6, 6.07) is 19.9. The van der Waals surface area contributed by atoms with E-state index in [1.807, 2.05) is 45.3 Å². The van der Waals surface area contributed by atoms with E-state index in [9.17, 15) is 42.3 Å². The molecule has 5 aromatic rings. The van der Waals surface area contributed by atoms with Gasteiger partial charge in [0.1, 0.15) is 48.0 Å². The summed E-state index contributed by atoms with van der Waals surface area (Å²) in [4.78, 5) is 54.4. The molecule has 2 aromatic heterocycles. The average Bonchev–Trinajstić information content (AvgIpc) is 3.75. The highest BCUT2D eigenvalue weighted by Gasteiger charge is 2.54. The minimum Gasteiger partial charge on any atom is -0.493 e. The van der Waals surface area contributed by atoms with Crippen LogP contribution >= 0.6 is 23.6 Å². The number of aliphatic hydroxyl groups is 1. The Hall–Kier alpha value is -6.48. The van der Waals surface area contributed by atoms with E-state index in [0.717, 1.165) is 33.8 Å². The van der Waals surface area contributed by atoms with Crippen LogP contribution in [0.5, 0.6) is 5.75 Å². The summed E-state index contributed by atoms with van der Waals surface area (Å²) in [6.07, 6.45) is -6.42. The van der Waals surface area contributed by atoms with Crippen molar-refractivity contribution in [1.82, 2.24) is 25.5 Å². The number of anilines is 2. The quantitative estimate of drug-likeness (QED) is 0.0433. The lowest BCUT2D eigenvalue weighted by atomic mass is 9.85. The Morgan fingerprint density at radius 1 is 1.04 bits per heavy atom. The van der Waals surface area contributed by atoms with Crippen LogP contribution in [0.1, 0.15) is 69.8 Å². The van der Waals surface area contributed by atoms with Gasteiger partial charge >= 0.3 is 6.18 Å². The Morgan fingerprint density at radius 2 is 1.75 bits per heavy atom. The Bertz CT molecular complexity index is 2970. The first kappa shape index (κ1) is 54.8. The van der Waals surface area contributed by atoms with Gasteiger partial charge in [0.2, 0.25) is 11.8 Å². The number of amides is 3. The third-order valence-electron chi connectivity index (χ3n) is 13.2. The predicted molar refractivity (Wildman–Crippen MR) is 274 cm³/mol. The number of thiocarbonyl (C=S) groups is 1. The van der Waals surface area contributed by atoms with Crippen molar-refractivity contribution in [3.05, 3.63) is 113 Å². The molecule has 6 atom stereocenters. The van der Waals surface area contributed by atoms with Crippen molar-refractivity contribution in [1.29, 1.82) is 5.26 Å². The van der Waals surface area contributed by atoms with Gasteiger partial charge < -0.3 is 34.4 Å². The van der Waals surface area contributed by atoms with E-state index < -0.39 is 89.1 Å². The van der Waals surface area contributed by atoms with Gasteiger partial charge in [-0.25, -0.2) is 13.8 Å². The largest absolute Gasteiger partial charge is 0.493 e. The number of nitrogens with one attached hydrogen (secondary N) is 2. The zero-order chi connectivity index (χ0) is 54.1. The molecule has 3 amide bonds. The van der Waals surface area contributed by atoms with Crippen LogP contribution in [-0.4, -0.2) is 111 Å². The van der Waals surface area contributed by atoms with Crippen LogP contribution in [0.25, 0.3) is 21.7 Å². The summed E-state index contributed by atoms with van der Waals surface area (Å²) in [5.74, 6) is -3.12. The second kappa shape index (κ2) is 22.0. The minimum absolute atomic E-state index is 0.0143. The molecule has 3 fully saturated rings. The molecule has 0 spiro atoms. The number of carbonyl (C=O) groups excluding carboxylic acids is 3. The van der Waals surface area contributed by atoms with Gasteiger partial charge in [0.25, 0.3) is 5.91 Å². The lowest BCUT2D eigenvalue weighted by Gasteiger charge is -2.35. The topological polar surface area (TPSA) is 186 Å². The van der Waals surface area contributed by atoms with Crippen LogP contribution in [0, 0.1) is 29.5 Å². The number of alkyl halides is 4. The molecule has 3 aliphatic rings. The normalized spacial score (nSPS) is 20.3. The Kier molecular flexibility index (Phi) is 16.1. The number of thiazole rings is 1. The molecule has 5 heterocycles. The van der Waals surface area contributed by atoms with Crippen molar-refractivity contribution in [2.75, 3.05) is 36.2 Å². The first-order valence-corrected chi connectivity index (χ1v) is 25.3. The Balaban J connectivity index is 0.776. The number of β-amino-alcohol motifs (C(OH)–C–C–N with tert-alkyl or cyclic N) is 1. The number of ether oxygens (including phenoxy) is 3. The molecule has 3 unspecified atom stereocenters. The third-order valence-corrected chi connectivity index (χ3v) is 14.6. The smallest absolute Gasteiger partial charge is 0.420 e. The van der Waals surface area contributed by atoms with E-state index in [1.165, 1.54) is 31.0 Å². The van der Waals surface area contributed by atoms with Crippen molar-refractivity contribution < 1.29 is 55.7 Å². The van der Waals surface area contributed by atoms with Gasteiger partial charge in [0.05, 0.1) is 76.3 Å². The molecule has 3 saturated heterocycles. The predicted octanol–water partition coefficient (Wildman–Crippen LogP) is 8.26. The highest BCUT2D eigenvalue weighted by molar-refractivity contribution is 7.81. The van der Waals surface area contributed by atoms with Gasteiger partial charge in [-0.05, 0) is 104 Å². The maximum atomic E-state index is 15.4. The number of halogens is 5. The number of likely N-dealkylation sites (tertiary alicyclic amines) is 1. The van der Waals surface area contributed by atoms with Crippen molar-refractivity contribution in [2.45, 2.75) is 109 Å². The number of rotatable bonds is 18. The summed E-state index contributed by atoms with van der Waals surface area (Å²) in [6.45, 7) is 10.1. The standard InChI is InChI=1S/C53H55F5N8O7S2/c1-29-45(75-28-62-29)32-9-7-30(8-10-32)23-61-47-44(73-47)40-21-36(67)25-64(40)48(69)46(51(2,3)4)63-41(68)27-71-26-34(54)19-20-72-37-15-11-31(12-16-37)38-17-14-35(24-60-38)66-50(74)65(49(70)52(66,5)6)39-18-13-33(22-59)42(43(39)55)53(56,57)58/h7-18,24,28,34,36,40,44,46-47,61,67H,19-21,23,25-27H2,1-6H3,(H,63,68)/t34?,36-,40+,44?,46-,47?/m1/s1. The molecule has 15 nitrogen and oxygen atoms in total. The van der Waals surface area contributed by atoms with Crippen LogP contribution in [0.2, 0.25) is 0 Å². The molecule has 8 rings (SSSR count). The highest BCUT2D eigenvalue weighted by atomic mass is 32.1. The number of nitrogens with zero attached hydrogens (tertiary/aromatic N) is 6. The van der Waals surface area contributed by atoms with Gasteiger partial charge in [-0.3, -0.25) is 29.6 Å². The fourth-order valence-corrected chi connectivity index (χ4v) is 10.5. The molecule has 3 N–H and O–H groups in total. The molecule has 0 saturated carbocycles. The Morgan fingerprint density at radius 3 is 2.37 bits per heavy atom. The van der Waals surface area contributed by atoms with E-state index in [2.05, 4.69) is 32.7 Å². The number of aromatic nitrogens is 2. The molecular weight excluding hydrogens is 1020 g/mol. The second-order valence-electron chi connectivity index (χ2n) is 20.1. The SMILES string of the molecule is Cc1ncsc1-c1ccc(CNC2OC2[C@@H]2C[C@@H](O)CN2C(=O)[C@@H](NC(=O)COCC(F)CCOc2ccc(-c3ccc(N4C(=S)N(c5ccc(C#N)c(C(F)(F)F)c5F)C(=O)C4(C)C)cn3)cc2)C(C)(C)C)cc1. The van der Waals surface area contributed by atoms with E-state index in [-0.39, 0.29) is 42.9 Å². The molecule has 0 bridgehead atoms. The molecule has 75 heavy (non-hydrogen) atoms. The highest BCUT2D eigenvalue weighted by Crippen LogP contribution is 2.42. The summed E-state index contributed by atoms with van der Waals surface area (Å²) < 4.78 is 88.9. The maximum absolute atomic E-state index is 15.4. The summed E-state index contributed by atoms with van der Waals surface area (Å²) >= 11 is 7.12. The second-order valence-corrected chi connectivity index (χ2v) is 21.3. The molecule has 22 heteroatoms. The minimum atomic E-state index is -5.21. The number of aliphatic hydroxyl groups excluding tert-OH is 1. The number of benzene rings is 3. The van der Waals surface area contributed by atoms with E-state index in [4.69, 9.17) is 26.4 Å². The molecule has 396 valence electrons. The van der Waals surface area contributed by atoms with E-state index >= 15 is 4.39 Å². The van der Waals surface area contributed by atoms with Crippen LogP contribution < -0.4 is 25.2 Å².